The zero-order valence-electron chi connectivity index (χ0n) is 12.7. The molecule has 0 saturated heterocycles. The van der Waals surface area contributed by atoms with Crippen molar-refractivity contribution in [2.24, 2.45) is 0 Å². The molecule has 0 aliphatic carbocycles. The van der Waals surface area contributed by atoms with Crippen molar-refractivity contribution >= 4 is 11.3 Å². The van der Waals surface area contributed by atoms with Crippen LogP contribution in [0.3, 0.4) is 0 Å². The number of aryl methyl sites for hydroxylation is 1. The lowest BCUT2D eigenvalue weighted by Crippen LogP contribution is -2.13. The molecule has 0 aliphatic heterocycles. The Morgan fingerprint density at radius 2 is 2.14 bits per heavy atom. The zero-order chi connectivity index (χ0) is 15.2. The van der Waals surface area contributed by atoms with Crippen LogP contribution in [0.2, 0.25) is 0 Å². The van der Waals surface area contributed by atoms with Crippen LogP contribution in [0.25, 0.3) is 10.6 Å². The van der Waals surface area contributed by atoms with Crippen LogP contribution >= 0.6 is 11.3 Å². The number of hydrogen-bond acceptors (Lipinski definition) is 4. The molecule has 0 radical (unpaired) electrons. The third-order valence-corrected chi connectivity index (χ3v) is 4.35. The molecule has 1 N–H and O–H groups in total. The first kappa shape index (κ1) is 15.9. The highest BCUT2D eigenvalue weighted by molar-refractivity contribution is 7.15. The molecule has 21 heavy (non-hydrogen) atoms. The van der Waals surface area contributed by atoms with Crippen molar-refractivity contribution in [3.05, 3.63) is 34.6 Å². The molecule has 0 atom stereocenters. The minimum Gasteiger partial charge on any atom is -0.496 e. The van der Waals surface area contributed by atoms with Crippen LogP contribution < -0.4 is 10.1 Å². The highest BCUT2D eigenvalue weighted by Gasteiger charge is 2.18. The van der Waals surface area contributed by atoms with Crippen molar-refractivity contribution in [1.82, 2.24) is 10.3 Å². The normalized spacial score (nSPS) is 10.9. The number of nitrogens with one attached hydrogen (secondary N) is 1. The molecule has 1 heterocycles. The monoisotopic (exact) mass is 308 g/mol. The summed E-state index contributed by atoms with van der Waals surface area (Å²) < 4.78 is 19.4. The van der Waals surface area contributed by atoms with Crippen LogP contribution in [0.15, 0.2) is 18.2 Å². The van der Waals surface area contributed by atoms with Crippen molar-refractivity contribution in [3.63, 3.8) is 0 Å². The number of hydrogen-bond donors (Lipinski definition) is 1. The van der Waals surface area contributed by atoms with Crippen LogP contribution in [0.1, 0.15) is 30.8 Å². The Morgan fingerprint density at radius 1 is 1.33 bits per heavy atom. The van der Waals surface area contributed by atoms with Crippen molar-refractivity contribution in [2.45, 2.75) is 33.2 Å². The Balaban J connectivity index is 2.37. The third kappa shape index (κ3) is 3.60. The number of rotatable bonds is 7. The Morgan fingerprint density at radius 3 is 2.81 bits per heavy atom. The highest BCUT2D eigenvalue weighted by atomic mass is 32.1. The molecule has 0 fully saturated rings. The van der Waals surface area contributed by atoms with Gasteiger partial charge in [0, 0.05) is 11.4 Å². The van der Waals surface area contributed by atoms with Crippen LogP contribution in [0, 0.1) is 5.82 Å². The Bertz CT molecular complexity index is 598. The fraction of sp³-hybridized carbons (Fsp3) is 0.438. The van der Waals surface area contributed by atoms with E-state index >= 15 is 0 Å². The van der Waals surface area contributed by atoms with E-state index in [9.17, 15) is 4.39 Å². The van der Waals surface area contributed by atoms with Gasteiger partial charge in [-0.1, -0.05) is 19.9 Å². The van der Waals surface area contributed by atoms with Crippen molar-refractivity contribution in [1.29, 1.82) is 0 Å². The summed E-state index contributed by atoms with van der Waals surface area (Å²) in [7, 11) is 1.55. The molecule has 0 unspecified atom stereocenters. The van der Waals surface area contributed by atoms with Gasteiger partial charge in [0.15, 0.2) is 0 Å². The van der Waals surface area contributed by atoms with Gasteiger partial charge in [0.1, 0.15) is 16.6 Å². The van der Waals surface area contributed by atoms with E-state index in [1.807, 2.05) is 0 Å². The summed E-state index contributed by atoms with van der Waals surface area (Å²) in [6.07, 6.45) is 1.94. The number of ether oxygens (including phenoxy) is 1. The SMILES string of the molecule is CCCNCc1sc(-c2c(F)cccc2OC)nc1CC. The average molecular weight is 308 g/mol. The first-order chi connectivity index (χ1) is 10.2. The number of nitrogens with zero attached hydrogens (tertiary/aromatic N) is 1. The molecule has 5 heteroatoms. The molecule has 114 valence electrons. The van der Waals surface area contributed by atoms with E-state index in [0.29, 0.717) is 16.3 Å². The lowest BCUT2D eigenvalue weighted by molar-refractivity contribution is 0.413. The molecule has 2 aromatic rings. The fourth-order valence-electron chi connectivity index (χ4n) is 2.17. The molecular weight excluding hydrogens is 287 g/mol. The van der Waals surface area contributed by atoms with Gasteiger partial charge < -0.3 is 10.1 Å². The summed E-state index contributed by atoms with van der Waals surface area (Å²) in [5, 5.41) is 4.07. The van der Waals surface area contributed by atoms with Gasteiger partial charge in [-0.15, -0.1) is 11.3 Å². The summed E-state index contributed by atoms with van der Waals surface area (Å²) in [6.45, 7) is 5.96. The van der Waals surface area contributed by atoms with E-state index in [1.54, 1.807) is 19.2 Å². The van der Waals surface area contributed by atoms with Gasteiger partial charge in [0.2, 0.25) is 0 Å². The quantitative estimate of drug-likeness (QED) is 0.784. The fourth-order valence-corrected chi connectivity index (χ4v) is 3.34. The maximum absolute atomic E-state index is 14.1. The average Bonchev–Trinajstić information content (AvgIpc) is 2.90. The molecule has 0 bridgehead atoms. The lowest BCUT2D eigenvalue weighted by atomic mass is 10.2. The Kier molecular flexibility index (Phi) is 5.70. The largest absolute Gasteiger partial charge is 0.496 e. The second-order valence-corrected chi connectivity index (χ2v) is 5.82. The van der Waals surface area contributed by atoms with Gasteiger partial charge in [-0.25, -0.2) is 9.37 Å². The van der Waals surface area contributed by atoms with Gasteiger partial charge in [0.25, 0.3) is 0 Å². The van der Waals surface area contributed by atoms with E-state index < -0.39 is 0 Å². The van der Waals surface area contributed by atoms with Gasteiger partial charge >= 0.3 is 0 Å². The molecule has 0 saturated carbocycles. The predicted molar refractivity (Wildman–Crippen MR) is 85.4 cm³/mol. The van der Waals surface area contributed by atoms with Gasteiger partial charge in [-0.3, -0.25) is 0 Å². The van der Waals surface area contributed by atoms with Crippen LogP contribution in [0.4, 0.5) is 4.39 Å². The molecule has 0 amide bonds. The zero-order valence-corrected chi connectivity index (χ0v) is 13.5. The number of thiazole rings is 1. The summed E-state index contributed by atoms with van der Waals surface area (Å²) in [5.74, 6) is 0.235. The standard InChI is InChI=1S/C16H21FN2OS/c1-4-9-18-10-14-12(5-2)19-16(21-14)15-11(17)7-6-8-13(15)20-3/h6-8,18H,4-5,9-10H2,1-3H3. The highest BCUT2D eigenvalue weighted by Crippen LogP contribution is 2.36. The number of methoxy groups -OCH3 is 1. The topological polar surface area (TPSA) is 34.1 Å². The Hall–Kier alpha value is -1.46. The van der Waals surface area contributed by atoms with E-state index in [2.05, 4.69) is 24.1 Å². The van der Waals surface area contributed by atoms with Crippen LogP contribution in [0.5, 0.6) is 5.75 Å². The smallest absolute Gasteiger partial charge is 0.137 e. The number of halogens is 1. The molecular formula is C16H21FN2OS. The Labute approximate surface area is 129 Å². The summed E-state index contributed by atoms with van der Waals surface area (Å²) in [5.41, 5.74) is 1.49. The number of aromatic nitrogens is 1. The van der Waals surface area contributed by atoms with Gasteiger partial charge in [-0.05, 0) is 31.5 Å². The molecule has 1 aromatic heterocycles. The minimum absolute atomic E-state index is 0.293. The number of benzene rings is 1. The maximum atomic E-state index is 14.1. The molecule has 1 aromatic carbocycles. The second kappa shape index (κ2) is 7.52. The second-order valence-electron chi connectivity index (χ2n) is 4.74. The van der Waals surface area contributed by atoms with Crippen molar-refractivity contribution in [2.75, 3.05) is 13.7 Å². The molecule has 3 nitrogen and oxygen atoms in total. The summed E-state index contributed by atoms with van der Waals surface area (Å²) in [4.78, 5) is 5.78. The minimum atomic E-state index is -0.293. The van der Waals surface area contributed by atoms with E-state index in [-0.39, 0.29) is 5.82 Å². The lowest BCUT2D eigenvalue weighted by Gasteiger charge is -2.06. The predicted octanol–water partition coefficient (Wildman–Crippen LogP) is 4.02. The molecule has 0 aliphatic rings. The van der Waals surface area contributed by atoms with E-state index in [1.165, 1.54) is 22.3 Å². The first-order valence-electron chi connectivity index (χ1n) is 7.23. The first-order valence-corrected chi connectivity index (χ1v) is 8.05. The molecule has 2 rings (SSSR count). The van der Waals surface area contributed by atoms with Crippen LogP contribution in [-0.2, 0) is 13.0 Å². The van der Waals surface area contributed by atoms with Gasteiger partial charge in [-0.2, -0.15) is 0 Å². The maximum Gasteiger partial charge on any atom is 0.137 e. The van der Waals surface area contributed by atoms with Gasteiger partial charge in [0.05, 0.1) is 18.4 Å². The summed E-state index contributed by atoms with van der Waals surface area (Å²) in [6, 6.07) is 4.86. The van der Waals surface area contributed by atoms with Crippen molar-refractivity contribution in [3.8, 4) is 16.3 Å². The third-order valence-electron chi connectivity index (χ3n) is 3.23. The van der Waals surface area contributed by atoms with Crippen molar-refractivity contribution < 1.29 is 9.13 Å². The van der Waals surface area contributed by atoms with E-state index in [0.717, 1.165) is 31.6 Å². The van der Waals surface area contributed by atoms with E-state index in [4.69, 9.17) is 4.74 Å². The summed E-state index contributed by atoms with van der Waals surface area (Å²) >= 11 is 1.54. The van der Waals surface area contributed by atoms with Crippen LogP contribution in [-0.4, -0.2) is 18.6 Å². The molecule has 0 spiro atoms.